The summed E-state index contributed by atoms with van der Waals surface area (Å²) in [6.07, 6.45) is 7.50. The van der Waals surface area contributed by atoms with Crippen LogP contribution in [-0.2, 0) is 6.54 Å². The molecule has 0 amide bonds. The first kappa shape index (κ1) is 23.5. The van der Waals surface area contributed by atoms with E-state index in [4.69, 9.17) is 26.9 Å². The van der Waals surface area contributed by atoms with Crippen LogP contribution in [0.5, 0.6) is 5.75 Å². The zero-order chi connectivity index (χ0) is 23.0. The van der Waals surface area contributed by atoms with Crippen molar-refractivity contribution in [3.05, 3.63) is 35.9 Å². The van der Waals surface area contributed by atoms with Gasteiger partial charge in [-0.2, -0.15) is 9.97 Å². The molecule has 0 bridgehead atoms. The highest BCUT2D eigenvalue weighted by molar-refractivity contribution is 7.80. The molecule has 0 spiro atoms. The number of nitrogens with one attached hydrogen (secondary N) is 2. The Morgan fingerprint density at radius 3 is 2.33 bits per heavy atom. The molecule has 4 rings (SSSR count). The van der Waals surface area contributed by atoms with Gasteiger partial charge >= 0.3 is 0 Å². The largest absolute Gasteiger partial charge is 0.497 e. The zero-order valence-electron chi connectivity index (χ0n) is 19.8. The lowest BCUT2D eigenvalue weighted by Gasteiger charge is -2.33. The first-order chi connectivity index (χ1) is 16.1. The van der Waals surface area contributed by atoms with Gasteiger partial charge in [-0.25, -0.2) is 0 Å². The molecule has 0 saturated carbocycles. The van der Waals surface area contributed by atoms with Gasteiger partial charge < -0.3 is 25.2 Å². The first-order valence-corrected chi connectivity index (χ1v) is 12.6. The highest BCUT2D eigenvalue weighted by atomic mass is 32.1. The summed E-state index contributed by atoms with van der Waals surface area (Å²) in [4.78, 5) is 14.5. The second kappa shape index (κ2) is 11.5. The van der Waals surface area contributed by atoms with E-state index in [1.54, 1.807) is 7.11 Å². The molecule has 2 aliphatic heterocycles. The van der Waals surface area contributed by atoms with E-state index in [1.807, 2.05) is 24.3 Å². The smallest absolute Gasteiger partial charge is 0.232 e. The summed E-state index contributed by atoms with van der Waals surface area (Å²) in [6, 6.07) is 10.1. The van der Waals surface area contributed by atoms with Crippen LogP contribution in [0, 0.1) is 5.92 Å². The van der Waals surface area contributed by atoms with Crippen LogP contribution in [0.2, 0.25) is 0 Å². The SMILES string of the molecule is COc1ccc(CNC(=S)Nc2nc(N3CCCCCC3)cc(N3CCC[C@H](C)C3)n2)cc1. The summed E-state index contributed by atoms with van der Waals surface area (Å²) in [7, 11) is 1.67. The number of aromatic nitrogens is 2. The van der Waals surface area contributed by atoms with Gasteiger partial charge in [-0.15, -0.1) is 0 Å². The van der Waals surface area contributed by atoms with Crippen molar-refractivity contribution in [2.24, 2.45) is 5.92 Å². The minimum absolute atomic E-state index is 0.525. The molecule has 2 N–H and O–H groups in total. The van der Waals surface area contributed by atoms with Crippen molar-refractivity contribution in [3.8, 4) is 5.75 Å². The first-order valence-electron chi connectivity index (χ1n) is 12.2. The molecule has 3 heterocycles. The minimum atomic E-state index is 0.525. The Morgan fingerprint density at radius 2 is 1.67 bits per heavy atom. The van der Waals surface area contributed by atoms with Crippen molar-refractivity contribution in [1.82, 2.24) is 15.3 Å². The number of hydrogen-bond acceptors (Lipinski definition) is 6. The van der Waals surface area contributed by atoms with Crippen LogP contribution in [0.15, 0.2) is 30.3 Å². The van der Waals surface area contributed by atoms with E-state index >= 15 is 0 Å². The number of ether oxygens (including phenoxy) is 1. The Bertz CT molecular complexity index is 893. The van der Waals surface area contributed by atoms with E-state index < -0.39 is 0 Å². The number of nitrogens with zero attached hydrogens (tertiary/aromatic N) is 4. The van der Waals surface area contributed by atoms with Crippen molar-refractivity contribution in [3.63, 3.8) is 0 Å². The monoisotopic (exact) mass is 468 g/mol. The van der Waals surface area contributed by atoms with Crippen molar-refractivity contribution in [2.75, 3.05) is 48.4 Å². The Morgan fingerprint density at radius 1 is 1.00 bits per heavy atom. The summed E-state index contributed by atoms with van der Waals surface area (Å²) in [5.74, 6) is 4.09. The molecule has 8 heteroatoms. The quantitative estimate of drug-likeness (QED) is 0.597. The molecular weight excluding hydrogens is 432 g/mol. The van der Waals surface area contributed by atoms with Crippen LogP contribution in [0.1, 0.15) is 51.0 Å². The van der Waals surface area contributed by atoms with Crippen LogP contribution in [0.3, 0.4) is 0 Å². The molecule has 1 aromatic carbocycles. The van der Waals surface area contributed by atoms with Gasteiger partial charge in [-0.05, 0) is 61.5 Å². The highest BCUT2D eigenvalue weighted by Gasteiger charge is 2.21. The number of thiocarbonyl (C=S) groups is 1. The number of rotatable bonds is 6. The lowest BCUT2D eigenvalue weighted by atomic mass is 10.0. The Hall–Kier alpha value is -2.61. The third-order valence-corrected chi connectivity index (χ3v) is 6.69. The second-order valence-electron chi connectivity index (χ2n) is 9.16. The van der Waals surface area contributed by atoms with Gasteiger partial charge in [0.15, 0.2) is 5.11 Å². The lowest BCUT2D eigenvalue weighted by Crippen LogP contribution is -2.36. The zero-order valence-corrected chi connectivity index (χ0v) is 20.7. The molecule has 0 radical (unpaired) electrons. The number of benzene rings is 1. The second-order valence-corrected chi connectivity index (χ2v) is 9.57. The summed E-state index contributed by atoms with van der Waals surface area (Å²) in [5.41, 5.74) is 1.13. The maximum Gasteiger partial charge on any atom is 0.232 e. The van der Waals surface area contributed by atoms with Crippen LogP contribution in [0.4, 0.5) is 17.6 Å². The Labute approximate surface area is 202 Å². The summed E-state index contributed by atoms with van der Waals surface area (Å²) >= 11 is 5.57. The number of methoxy groups -OCH3 is 1. The molecule has 1 aromatic heterocycles. The van der Waals surface area contributed by atoms with E-state index in [9.17, 15) is 0 Å². The molecule has 1 atom stereocenters. The third-order valence-electron chi connectivity index (χ3n) is 6.45. The molecule has 0 aliphatic carbocycles. The molecule has 2 aliphatic rings. The maximum absolute atomic E-state index is 5.57. The molecule has 2 saturated heterocycles. The van der Waals surface area contributed by atoms with Gasteiger partial charge in [0.2, 0.25) is 5.95 Å². The predicted molar refractivity (Wildman–Crippen MR) is 139 cm³/mol. The molecule has 7 nitrogen and oxygen atoms in total. The van der Waals surface area contributed by atoms with Crippen LogP contribution < -0.4 is 25.2 Å². The van der Waals surface area contributed by atoms with Gasteiger partial charge in [0.25, 0.3) is 0 Å². The number of piperidine rings is 1. The van der Waals surface area contributed by atoms with Crippen molar-refractivity contribution in [2.45, 2.75) is 52.0 Å². The van der Waals surface area contributed by atoms with Crippen molar-refractivity contribution < 1.29 is 4.74 Å². The van der Waals surface area contributed by atoms with Crippen molar-refractivity contribution in [1.29, 1.82) is 0 Å². The predicted octanol–water partition coefficient (Wildman–Crippen LogP) is 4.59. The summed E-state index contributed by atoms with van der Waals surface area (Å²) < 4.78 is 5.23. The third kappa shape index (κ3) is 6.69. The minimum Gasteiger partial charge on any atom is -0.497 e. The summed E-state index contributed by atoms with van der Waals surface area (Å²) in [5, 5.41) is 7.04. The molecule has 2 aromatic rings. The van der Waals surface area contributed by atoms with Gasteiger partial charge in [0, 0.05) is 38.8 Å². The van der Waals surface area contributed by atoms with Gasteiger partial charge in [0.05, 0.1) is 7.11 Å². The topological polar surface area (TPSA) is 65.6 Å². The average Bonchev–Trinajstić information content (AvgIpc) is 3.13. The molecular formula is C25H36N6OS. The fourth-order valence-electron chi connectivity index (χ4n) is 4.57. The number of anilines is 3. The van der Waals surface area contributed by atoms with Gasteiger partial charge in [-0.1, -0.05) is 31.9 Å². The Balaban J connectivity index is 1.48. The molecule has 33 heavy (non-hydrogen) atoms. The fraction of sp³-hybridized carbons (Fsp3) is 0.560. The van der Waals surface area contributed by atoms with E-state index in [2.05, 4.69) is 33.4 Å². The average molecular weight is 469 g/mol. The van der Waals surface area contributed by atoms with Crippen LogP contribution in [0.25, 0.3) is 0 Å². The summed E-state index contributed by atoms with van der Waals surface area (Å²) in [6.45, 7) is 7.12. The van der Waals surface area contributed by atoms with Crippen molar-refractivity contribution >= 4 is 34.9 Å². The van der Waals surface area contributed by atoms with E-state index in [0.29, 0.717) is 23.5 Å². The molecule has 0 unspecified atom stereocenters. The number of hydrogen-bond donors (Lipinski definition) is 2. The van der Waals surface area contributed by atoms with Crippen LogP contribution in [-0.4, -0.2) is 48.4 Å². The van der Waals surface area contributed by atoms with E-state index in [1.165, 1.54) is 38.5 Å². The normalized spacial score (nSPS) is 19.0. The maximum atomic E-state index is 5.57. The molecule has 2 fully saturated rings. The van der Waals surface area contributed by atoms with Gasteiger partial charge in [0.1, 0.15) is 17.4 Å². The highest BCUT2D eigenvalue weighted by Crippen LogP contribution is 2.27. The standard InChI is InChI=1S/C25H36N6OS/c1-19-8-7-15-31(18-19)23-16-22(30-13-5-3-4-6-14-30)27-24(28-23)29-25(33)26-17-20-9-11-21(32-2)12-10-20/h9-12,16,19H,3-8,13-15,17-18H2,1-2H3,(H2,26,27,28,29,33)/t19-/m0/s1. The van der Waals surface area contributed by atoms with Gasteiger partial charge in [-0.3, -0.25) is 0 Å². The molecule has 178 valence electrons. The van der Waals surface area contributed by atoms with E-state index in [0.717, 1.165) is 49.1 Å². The van der Waals surface area contributed by atoms with Crippen LogP contribution >= 0.6 is 12.2 Å². The fourth-order valence-corrected chi connectivity index (χ4v) is 4.73. The Kier molecular flexibility index (Phi) is 8.20. The van der Waals surface area contributed by atoms with E-state index in [-0.39, 0.29) is 0 Å². The lowest BCUT2D eigenvalue weighted by molar-refractivity contribution is 0.414.